The van der Waals surface area contributed by atoms with Gasteiger partial charge in [-0.1, -0.05) is 0 Å². The van der Waals surface area contributed by atoms with Crippen molar-refractivity contribution in [3.63, 3.8) is 0 Å². The molecule has 0 aromatic heterocycles. The Morgan fingerprint density at radius 2 is 0.306 bits per heavy atom. The molecule has 0 rings (SSSR count). The molecule has 0 aliphatic heterocycles. The quantitative estimate of drug-likeness (QED) is 0.153. The first kappa shape index (κ1) is 46.7. The Bertz CT molecular complexity index is 1190. The maximum Gasteiger partial charge on any atom is 0.460 e. The van der Waals surface area contributed by atoms with E-state index in [4.69, 9.17) is 0 Å². The van der Waals surface area contributed by atoms with Crippen molar-refractivity contribution in [3.8, 4) is 0 Å². The lowest BCUT2D eigenvalue weighted by molar-refractivity contribution is -0.490. The summed E-state index contributed by atoms with van der Waals surface area (Å²) in [7, 11) is 0. The van der Waals surface area contributed by atoms with Gasteiger partial charge in [-0.15, -0.1) is 0 Å². The van der Waals surface area contributed by atoms with Crippen molar-refractivity contribution in [2.24, 2.45) is 0 Å². The first-order chi connectivity index (χ1) is 20.4. The minimum absolute atomic E-state index is 6.48. The lowest BCUT2D eigenvalue weighted by Crippen LogP contribution is -2.79. The highest BCUT2D eigenvalue weighted by molar-refractivity contribution is 5.21. The molecular weight excluding hydrogens is 819 g/mol. The topological polar surface area (TPSA) is 0 Å². The summed E-state index contributed by atoms with van der Waals surface area (Å²) >= 11 is 0. The molecule has 0 amide bonds. The molecule has 0 saturated carbocycles. The second kappa shape index (κ2) is 11.1. The molecule has 0 aromatic rings. The van der Waals surface area contributed by atoms with Crippen LogP contribution in [0.1, 0.15) is 0 Å². The predicted octanol–water partition coefficient (Wildman–Crippen LogP) is 10.7. The number of rotatable bonds is 14. The van der Waals surface area contributed by atoms with Crippen LogP contribution >= 0.6 is 0 Å². The highest BCUT2D eigenvalue weighted by atomic mass is 19.4. The highest BCUT2D eigenvalue weighted by Crippen LogP contribution is 2.69. The average Bonchev–Trinajstić information content (AvgIpc) is 2.86. The average molecular weight is 820 g/mol. The van der Waals surface area contributed by atoms with Crippen LogP contribution in [0.4, 0.5) is 145 Å². The van der Waals surface area contributed by atoms with Crippen molar-refractivity contribution in [1.82, 2.24) is 0 Å². The molecule has 296 valence electrons. The van der Waals surface area contributed by atoms with Gasteiger partial charge in [0.1, 0.15) is 0 Å². The summed E-state index contributed by atoms with van der Waals surface area (Å²) in [6, 6.07) is 0. The van der Waals surface area contributed by atoms with E-state index in [1.54, 1.807) is 0 Å². The largest absolute Gasteiger partial charge is 0.460 e. The zero-order valence-corrected chi connectivity index (χ0v) is 20.6. The molecule has 0 aliphatic carbocycles. The third-order valence-corrected chi connectivity index (χ3v) is 5.78. The van der Waals surface area contributed by atoms with Gasteiger partial charge in [-0.05, 0) is 0 Å². The predicted molar refractivity (Wildman–Crippen MR) is 81.3 cm³/mol. The second-order valence-electron chi connectivity index (χ2n) is 8.89. The summed E-state index contributed by atoms with van der Waals surface area (Å²) in [5.41, 5.74) is 0. The Labute approximate surface area is 242 Å². The summed E-state index contributed by atoms with van der Waals surface area (Å²) < 4.78 is 434. The van der Waals surface area contributed by atoms with Crippen LogP contribution < -0.4 is 0 Å². The van der Waals surface area contributed by atoms with Crippen molar-refractivity contribution in [1.29, 1.82) is 0 Å². The molecule has 0 aliphatic rings. The van der Waals surface area contributed by atoms with E-state index in [1.165, 1.54) is 0 Å². The fourth-order valence-electron chi connectivity index (χ4n) is 2.69. The van der Waals surface area contributed by atoms with Crippen molar-refractivity contribution >= 4 is 0 Å². The smallest absolute Gasteiger partial charge is 0.203 e. The van der Waals surface area contributed by atoms with E-state index in [9.17, 15) is 145 Å². The van der Waals surface area contributed by atoms with Gasteiger partial charge in [-0.25, -0.2) is 8.78 Å². The van der Waals surface area contributed by atoms with Crippen molar-refractivity contribution < 1.29 is 145 Å². The molecule has 0 N–H and O–H groups in total. The Kier molecular flexibility index (Phi) is 10.6. The van der Waals surface area contributed by atoms with Crippen molar-refractivity contribution in [2.75, 3.05) is 0 Å². The zero-order chi connectivity index (χ0) is 41.1. The lowest BCUT2D eigenvalue weighted by atomic mass is 9.83. The van der Waals surface area contributed by atoms with Crippen molar-refractivity contribution in [3.05, 3.63) is 0 Å². The van der Waals surface area contributed by atoms with Gasteiger partial charge >= 0.3 is 95.5 Å². The molecule has 0 aromatic carbocycles. The number of hydrogen-bond donors (Lipinski definition) is 0. The number of hydrogen-bond acceptors (Lipinski definition) is 0. The Morgan fingerprint density at radius 3 is 0.429 bits per heavy atom. The van der Waals surface area contributed by atoms with Gasteiger partial charge in [0.05, 0.1) is 0 Å². The maximum atomic E-state index is 13.7. The molecular formula is C16HF33. The Balaban J connectivity index is 7.66. The van der Waals surface area contributed by atoms with Gasteiger partial charge in [-0.2, -0.15) is 136 Å². The standard InChI is InChI=1S/C16HF33/c17-1(18)2(19,20)3(21,22)4(23,24)5(25,26)6(27,28)7(29,30)8(31,32)9(33,34)10(35,36)11(37,38)12(39,40)13(41,42)14(43,44)15(45,46)16(47,48)49/h1H. The fraction of sp³-hybridized carbons (Fsp3) is 1.00. The molecule has 0 spiro atoms. The SMILES string of the molecule is FC(F)C(F)(F)C(F)(F)C(F)(F)C(F)(F)C(F)(F)C(F)(F)C(F)(F)C(F)(F)C(F)(F)C(F)(F)C(F)(F)C(F)(F)C(F)(F)C(F)(F)C(F)(F)F. The molecule has 0 unspecified atom stereocenters. The van der Waals surface area contributed by atoms with Gasteiger partial charge in [0.15, 0.2) is 0 Å². The van der Waals surface area contributed by atoms with E-state index in [2.05, 4.69) is 0 Å². The summed E-state index contributed by atoms with van der Waals surface area (Å²) in [5, 5.41) is 0. The van der Waals surface area contributed by atoms with E-state index in [0.29, 0.717) is 0 Å². The Morgan fingerprint density at radius 1 is 0.184 bits per heavy atom. The summed E-state index contributed by atoms with van der Waals surface area (Å²) in [4.78, 5) is 0. The van der Waals surface area contributed by atoms with Gasteiger partial charge in [-0.3, -0.25) is 0 Å². The molecule has 49 heavy (non-hydrogen) atoms. The molecule has 0 fully saturated rings. The first-order valence-electron chi connectivity index (χ1n) is 10.1. The van der Waals surface area contributed by atoms with Crippen molar-refractivity contribution in [2.45, 2.75) is 95.5 Å². The fourth-order valence-corrected chi connectivity index (χ4v) is 2.69. The molecule has 33 heteroatoms. The zero-order valence-electron chi connectivity index (χ0n) is 20.6. The third kappa shape index (κ3) is 5.19. The van der Waals surface area contributed by atoms with Crippen LogP contribution in [-0.2, 0) is 0 Å². The number of halogens is 33. The van der Waals surface area contributed by atoms with Gasteiger partial charge in [0.25, 0.3) is 0 Å². The van der Waals surface area contributed by atoms with Crippen LogP contribution in [0.3, 0.4) is 0 Å². The van der Waals surface area contributed by atoms with Gasteiger partial charge in [0, 0.05) is 0 Å². The normalized spacial score (nSPS) is 17.3. The maximum absolute atomic E-state index is 13.7. The first-order valence-corrected chi connectivity index (χ1v) is 10.1. The summed E-state index contributed by atoms with van der Waals surface area (Å²) in [5.74, 6) is -135. The minimum Gasteiger partial charge on any atom is -0.203 e. The third-order valence-electron chi connectivity index (χ3n) is 5.78. The molecule has 0 nitrogen and oxygen atoms in total. The molecule has 0 atom stereocenters. The second-order valence-corrected chi connectivity index (χ2v) is 8.89. The minimum atomic E-state index is -10.2. The van der Waals surface area contributed by atoms with E-state index >= 15 is 0 Å². The number of alkyl halides is 33. The molecule has 0 radical (unpaired) electrons. The van der Waals surface area contributed by atoms with Gasteiger partial charge in [0.2, 0.25) is 0 Å². The van der Waals surface area contributed by atoms with E-state index in [1.807, 2.05) is 0 Å². The molecule has 0 heterocycles. The van der Waals surface area contributed by atoms with E-state index in [0.717, 1.165) is 0 Å². The monoisotopic (exact) mass is 820 g/mol. The summed E-state index contributed by atoms with van der Waals surface area (Å²) in [6.07, 6.45) is -14.9. The van der Waals surface area contributed by atoms with Crippen LogP contribution in [0.15, 0.2) is 0 Å². The van der Waals surface area contributed by atoms with Crippen LogP contribution in [0.2, 0.25) is 0 Å². The summed E-state index contributed by atoms with van der Waals surface area (Å²) in [6.45, 7) is 0. The van der Waals surface area contributed by atoms with E-state index < -0.39 is 95.5 Å². The van der Waals surface area contributed by atoms with Crippen LogP contribution in [0, 0.1) is 0 Å². The molecule has 0 saturated heterocycles. The Hall–Kier alpha value is -2.31. The highest BCUT2D eigenvalue weighted by Gasteiger charge is 3.01. The lowest BCUT2D eigenvalue weighted by Gasteiger charge is -2.46. The van der Waals surface area contributed by atoms with E-state index in [-0.39, 0.29) is 0 Å². The molecule has 0 bridgehead atoms. The van der Waals surface area contributed by atoms with Crippen LogP contribution in [0.25, 0.3) is 0 Å². The van der Waals surface area contributed by atoms with Crippen LogP contribution in [-0.4, -0.2) is 95.5 Å². The van der Waals surface area contributed by atoms with Crippen LogP contribution in [0.5, 0.6) is 0 Å². The van der Waals surface area contributed by atoms with Gasteiger partial charge < -0.3 is 0 Å².